The van der Waals surface area contributed by atoms with Crippen molar-refractivity contribution in [2.75, 3.05) is 0 Å². The van der Waals surface area contributed by atoms with Gasteiger partial charge in [-0.1, -0.05) is 38.1 Å². The zero-order valence-corrected chi connectivity index (χ0v) is 12.2. The smallest absolute Gasteiger partial charge is 0.0952 e. The molecule has 2 atom stereocenters. The van der Waals surface area contributed by atoms with Crippen molar-refractivity contribution < 1.29 is 0 Å². The molecule has 0 saturated heterocycles. The van der Waals surface area contributed by atoms with Crippen LogP contribution in [0.2, 0.25) is 0 Å². The summed E-state index contributed by atoms with van der Waals surface area (Å²) in [6, 6.07) is 12.5. The summed E-state index contributed by atoms with van der Waals surface area (Å²) in [6.07, 6.45) is 1.62. The van der Waals surface area contributed by atoms with E-state index in [1.807, 2.05) is 13.8 Å². The summed E-state index contributed by atoms with van der Waals surface area (Å²) >= 11 is 0. The standard InChI is InChI=1S/C16H22N4/c1-3-15(9-17)19-11-13-5-7-14(8-6-13)12-20-16(4-2)10-18/h5-8,15-16,19-20H,3-4,11-12H2,1-2H3/t15-,16-/m0/s1. The number of nitrogens with zero attached hydrogens (tertiary/aromatic N) is 2. The number of hydrogen-bond donors (Lipinski definition) is 2. The molecule has 4 heteroatoms. The summed E-state index contributed by atoms with van der Waals surface area (Å²) in [5.41, 5.74) is 2.32. The molecule has 2 N–H and O–H groups in total. The maximum Gasteiger partial charge on any atom is 0.0952 e. The highest BCUT2D eigenvalue weighted by Crippen LogP contribution is 2.05. The lowest BCUT2D eigenvalue weighted by atomic mass is 10.1. The van der Waals surface area contributed by atoms with Gasteiger partial charge in [-0.05, 0) is 24.0 Å². The van der Waals surface area contributed by atoms with Crippen molar-refractivity contribution >= 4 is 0 Å². The summed E-state index contributed by atoms with van der Waals surface area (Å²) in [5.74, 6) is 0. The van der Waals surface area contributed by atoms with Crippen LogP contribution in [0.4, 0.5) is 0 Å². The number of nitriles is 2. The van der Waals surface area contributed by atoms with Crippen molar-refractivity contribution in [1.82, 2.24) is 10.6 Å². The third-order valence-electron chi connectivity index (χ3n) is 3.26. The van der Waals surface area contributed by atoms with Crippen LogP contribution in [0, 0.1) is 22.7 Å². The fraction of sp³-hybridized carbons (Fsp3) is 0.500. The van der Waals surface area contributed by atoms with Crippen molar-refractivity contribution in [1.29, 1.82) is 10.5 Å². The first kappa shape index (κ1) is 16.2. The van der Waals surface area contributed by atoms with Crippen LogP contribution in [-0.4, -0.2) is 12.1 Å². The molecule has 0 fully saturated rings. The number of benzene rings is 1. The lowest BCUT2D eigenvalue weighted by Crippen LogP contribution is -2.26. The average Bonchev–Trinajstić information content (AvgIpc) is 2.50. The van der Waals surface area contributed by atoms with Crippen LogP contribution >= 0.6 is 0 Å². The summed E-state index contributed by atoms with van der Waals surface area (Å²) in [7, 11) is 0. The van der Waals surface area contributed by atoms with Gasteiger partial charge in [-0.3, -0.25) is 10.6 Å². The Kier molecular flexibility index (Phi) is 7.35. The van der Waals surface area contributed by atoms with Gasteiger partial charge in [-0.15, -0.1) is 0 Å². The van der Waals surface area contributed by atoms with E-state index >= 15 is 0 Å². The minimum atomic E-state index is -0.0858. The van der Waals surface area contributed by atoms with Crippen LogP contribution in [0.3, 0.4) is 0 Å². The van der Waals surface area contributed by atoms with E-state index in [1.54, 1.807) is 0 Å². The van der Waals surface area contributed by atoms with Crippen molar-refractivity contribution in [3.05, 3.63) is 35.4 Å². The second-order valence-corrected chi connectivity index (χ2v) is 4.76. The molecule has 1 aromatic rings. The molecular weight excluding hydrogens is 248 g/mol. The van der Waals surface area contributed by atoms with Crippen LogP contribution in [0.25, 0.3) is 0 Å². The van der Waals surface area contributed by atoms with Crippen LogP contribution in [0.1, 0.15) is 37.8 Å². The normalized spacial score (nSPS) is 13.2. The summed E-state index contributed by atoms with van der Waals surface area (Å²) < 4.78 is 0. The Balaban J connectivity index is 2.45. The summed E-state index contributed by atoms with van der Waals surface area (Å²) in [6.45, 7) is 5.40. The highest BCUT2D eigenvalue weighted by atomic mass is 14.9. The van der Waals surface area contributed by atoms with Gasteiger partial charge >= 0.3 is 0 Å². The van der Waals surface area contributed by atoms with Crippen molar-refractivity contribution in [3.8, 4) is 12.1 Å². The minimum Gasteiger partial charge on any atom is -0.298 e. The molecule has 0 aliphatic rings. The molecular formula is C16H22N4. The topological polar surface area (TPSA) is 71.6 Å². The molecule has 0 unspecified atom stereocenters. The first-order valence-corrected chi connectivity index (χ1v) is 7.07. The monoisotopic (exact) mass is 270 g/mol. The second-order valence-electron chi connectivity index (χ2n) is 4.76. The van der Waals surface area contributed by atoms with E-state index in [-0.39, 0.29) is 12.1 Å². The van der Waals surface area contributed by atoms with Gasteiger partial charge in [-0.2, -0.15) is 10.5 Å². The SMILES string of the molecule is CC[C@@H](C#N)NCc1ccc(CN[C@H](C#N)CC)cc1. The van der Waals surface area contributed by atoms with E-state index < -0.39 is 0 Å². The molecule has 1 aromatic carbocycles. The molecule has 1 rings (SSSR count). The Hall–Kier alpha value is -1.88. The highest BCUT2D eigenvalue weighted by Gasteiger charge is 2.04. The van der Waals surface area contributed by atoms with E-state index in [1.165, 1.54) is 0 Å². The van der Waals surface area contributed by atoms with E-state index in [4.69, 9.17) is 10.5 Å². The zero-order valence-electron chi connectivity index (χ0n) is 12.2. The predicted octanol–water partition coefficient (Wildman–Crippen LogP) is 2.47. The molecule has 0 heterocycles. The minimum absolute atomic E-state index is 0.0858. The fourth-order valence-electron chi connectivity index (χ4n) is 1.82. The maximum atomic E-state index is 8.87. The third-order valence-corrected chi connectivity index (χ3v) is 3.26. The molecule has 0 aliphatic carbocycles. The molecule has 0 bridgehead atoms. The quantitative estimate of drug-likeness (QED) is 0.761. The van der Waals surface area contributed by atoms with Crippen LogP contribution < -0.4 is 10.6 Å². The van der Waals surface area contributed by atoms with E-state index in [0.717, 1.165) is 24.0 Å². The Morgan fingerprint density at radius 1 is 0.850 bits per heavy atom. The van der Waals surface area contributed by atoms with Crippen molar-refractivity contribution in [2.45, 2.75) is 51.9 Å². The van der Waals surface area contributed by atoms with E-state index in [2.05, 4.69) is 47.0 Å². The first-order chi connectivity index (χ1) is 9.73. The average molecular weight is 270 g/mol. The van der Waals surface area contributed by atoms with Gasteiger partial charge in [0.15, 0.2) is 0 Å². The van der Waals surface area contributed by atoms with E-state index in [0.29, 0.717) is 13.1 Å². The molecule has 0 radical (unpaired) electrons. The van der Waals surface area contributed by atoms with Gasteiger partial charge in [0, 0.05) is 13.1 Å². The maximum absolute atomic E-state index is 8.87. The number of nitrogens with one attached hydrogen (secondary N) is 2. The van der Waals surface area contributed by atoms with E-state index in [9.17, 15) is 0 Å². The lowest BCUT2D eigenvalue weighted by Gasteiger charge is -2.11. The van der Waals surface area contributed by atoms with Gasteiger partial charge in [0.1, 0.15) is 0 Å². The number of rotatable bonds is 8. The van der Waals surface area contributed by atoms with Crippen LogP contribution in [0.15, 0.2) is 24.3 Å². The third kappa shape index (κ3) is 5.40. The largest absolute Gasteiger partial charge is 0.298 e. The van der Waals surface area contributed by atoms with Crippen LogP contribution in [0.5, 0.6) is 0 Å². The molecule has 106 valence electrons. The molecule has 0 aromatic heterocycles. The lowest BCUT2D eigenvalue weighted by molar-refractivity contribution is 0.583. The number of hydrogen-bond acceptors (Lipinski definition) is 4. The fourth-order valence-corrected chi connectivity index (χ4v) is 1.82. The van der Waals surface area contributed by atoms with Gasteiger partial charge in [0.2, 0.25) is 0 Å². The Labute approximate surface area is 121 Å². The molecule has 0 aliphatic heterocycles. The van der Waals surface area contributed by atoms with Crippen LogP contribution in [-0.2, 0) is 13.1 Å². The highest BCUT2D eigenvalue weighted by molar-refractivity contribution is 5.22. The van der Waals surface area contributed by atoms with Gasteiger partial charge in [0.25, 0.3) is 0 Å². The van der Waals surface area contributed by atoms with Gasteiger partial charge in [0.05, 0.1) is 24.2 Å². The van der Waals surface area contributed by atoms with Gasteiger partial charge < -0.3 is 0 Å². The second kappa shape index (κ2) is 9.09. The summed E-state index contributed by atoms with van der Waals surface area (Å²) in [5, 5.41) is 24.1. The Morgan fingerprint density at radius 3 is 1.45 bits per heavy atom. The molecule has 0 spiro atoms. The Bertz CT molecular complexity index is 422. The van der Waals surface area contributed by atoms with Crippen molar-refractivity contribution in [3.63, 3.8) is 0 Å². The van der Waals surface area contributed by atoms with Gasteiger partial charge in [-0.25, -0.2) is 0 Å². The zero-order chi connectivity index (χ0) is 14.8. The molecule has 20 heavy (non-hydrogen) atoms. The van der Waals surface area contributed by atoms with Crippen molar-refractivity contribution in [2.24, 2.45) is 0 Å². The molecule has 0 amide bonds. The molecule has 4 nitrogen and oxygen atoms in total. The first-order valence-electron chi connectivity index (χ1n) is 7.07. The summed E-state index contributed by atoms with van der Waals surface area (Å²) in [4.78, 5) is 0. The predicted molar refractivity (Wildman–Crippen MR) is 79.5 cm³/mol. The Morgan fingerprint density at radius 2 is 1.20 bits per heavy atom. The molecule has 0 saturated carbocycles.